The quantitative estimate of drug-likeness (QED) is 0.736. The zero-order chi connectivity index (χ0) is 12.7. The molecule has 1 rings (SSSR count). The second-order valence-corrected chi connectivity index (χ2v) is 6.92. The van der Waals surface area contributed by atoms with Crippen LogP contribution in [0.15, 0.2) is 30.3 Å². The van der Waals surface area contributed by atoms with Crippen LogP contribution in [0.25, 0.3) is 0 Å². The molecule has 4 heteroatoms. The average molecular weight is 255 g/mol. The highest BCUT2D eigenvalue weighted by Crippen LogP contribution is 2.57. The zero-order valence-corrected chi connectivity index (χ0v) is 11.3. The summed E-state index contributed by atoms with van der Waals surface area (Å²) in [5.41, 5.74) is 6.19. The van der Waals surface area contributed by atoms with E-state index in [2.05, 4.69) is 0 Å². The summed E-state index contributed by atoms with van der Waals surface area (Å²) in [6.45, 7) is 2.47. The monoisotopic (exact) mass is 255 g/mol. The molecule has 1 aromatic rings. The van der Waals surface area contributed by atoms with Crippen LogP contribution < -0.4 is 5.73 Å². The Bertz CT molecular complexity index is 367. The van der Waals surface area contributed by atoms with E-state index >= 15 is 0 Å². The van der Waals surface area contributed by atoms with Gasteiger partial charge in [-0.3, -0.25) is 4.57 Å². The van der Waals surface area contributed by atoms with Crippen molar-refractivity contribution < 1.29 is 9.46 Å². The maximum atomic E-state index is 12.4. The third-order valence-corrected chi connectivity index (χ3v) is 5.43. The van der Waals surface area contributed by atoms with Crippen LogP contribution in [0.3, 0.4) is 0 Å². The lowest BCUT2D eigenvalue weighted by atomic mass is 10.1. The van der Waals surface area contributed by atoms with Gasteiger partial charge < -0.3 is 10.6 Å². The van der Waals surface area contributed by atoms with Gasteiger partial charge in [-0.05, 0) is 24.9 Å². The second-order valence-electron chi connectivity index (χ2n) is 4.34. The molecule has 0 spiro atoms. The van der Waals surface area contributed by atoms with Gasteiger partial charge in [0.1, 0.15) is 0 Å². The summed E-state index contributed by atoms with van der Waals surface area (Å²) in [5, 5.41) is 0. The van der Waals surface area contributed by atoms with Crippen LogP contribution in [0.4, 0.5) is 0 Å². The molecule has 0 fully saturated rings. The van der Waals surface area contributed by atoms with Gasteiger partial charge in [0.2, 0.25) is 7.37 Å². The van der Waals surface area contributed by atoms with Crippen molar-refractivity contribution >= 4 is 7.37 Å². The number of rotatable bonds is 7. The van der Waals surface area contributed by atoms with E-state index in [1.807, 2.05) is 37.3 Å². The molecule has 0 aliphatic carbocycles. The Balaban J connectivity index is 2.89. The van der Waals surface area contributed by atoms with Gasteiger partial charge in [-0.15, -0.1) is 0 Å². The molecule has 0 heterocycles. The number of unbranched alkanes of at least 4 members (excludes halogenated alkanes) is 1. The molecule has 1 aromatic carbocycles. The van der Waals surface area contributed by atoms with E-state index in [4.69, 9.17) is 5.73 Å². The van der Waals surface area contributed by atoms with Crippen molar-refractivity contribution in [2.24, 2.45) is 5.73 Å². The average Bonchev–Trinajstić information content (AvgIpc) is 2.34. The Morgan fingerprint density at radius 2 is 2.00 bits per heavy atom. The van der Waals surface area contributed by atoms with Crippen molar-refractivity contribution in [3.63, 3.8) is 0 Å². The molecule has 0 aromatic heterocycles. The van der Waals surface area contributed by atoms with Gasteiger partial charge >= 0.3 is 0 Å². The van der Waals surface area contributed by atoms with Gasteiger partial charge in [-0.2, -0.15) is 0 Å². The molecule has 96 valence electrons. The first-order valence-corrected chi connectivity index (χ1v) is 8.09. The topological polar surface area (TPSA) is 63.3 Å². The molecule has 0 amide bonds. The highest BCUT2D eigenvalue weighted by Gasteiger charge is 2.30. The molecule has 17 heavy (non-hydrogen) atoms. The molecular formula is C13H22NO2P. The van der Waals surface area contributed by atoms with E-state index in [9.17, 15) is 9.46 Å². The van der Waals surface area contributed by atoms with Gasteiger partial charge in [0, 0.05) is 6.16 Å². The van der Waals surface area contributed by atoms with E-state index in [0.29, 0.717) is 19.1 Å². The minimum atomic E-state index is -3.14. The van der Waals surface area contributed by atoms with Crippen molar-refractivity contribution in [1.29, 1.82) is 0 Å². The number of hydrogen-bond donors (Lipinski definition) is 2. The van der Waals surface area contributed by atoms with Crippen molar-refractivity contribution in [2.45, 2.75) is 31.8 Å². The largest absolute Gasteiger partial charge is 0.344 e. The SMILES string of the molecule is CCCCP(=O)(O)C(CCN)c1ccccc1. The molecular weight excluding hydrogens is 233 g/mol. The fourth-order valence-corrected chi connectivity index (χ4v) is 4.25. The number of hydrogen-bond acceptors (Lipinski definition) is 2. The van der Waals surface area contributed by atoms with Crippen molar-refractivity contribution in [3.05, 3.63) is 35.9 Å². The summed E-state index contributed by atoms with van der Waals surface area (Å²) in [6, 6.07) is 9.54. The maximum Gasteiger partial charge on any atom is 0.207 e. The van der Waals surface area contributed by atoms with Crippen LogP contribution >= 0.6 is 7.37 Å². The number of benzene rings is 1. The summed E-state index contributed by atoms with van der Waals surface area (Å²) >= 11 is 0. The molecule has 0 bridgehead atoms. The number of nitrogens with two attached hydrogens (primary N) is 1. The molecule has 0 aliphatic heterocycles. The predicted octanol–water partition coefficient (Wildman–Crippen LogP) is 3.15. The van der Waals surface area contributed by atoms with Crippen molar-refractivity contribution in [2.75, 3.05) is 12.7 Å². The molecule has 0 aliphatic rings. The Hall–Kier alpha value is -0.630. The lowest BCUT2D eigenvalue weighted by Crippen LogP contribution is -2.10. The summed E-state index contributed by atoms with van der Waals surface area (Å²) in [6.07, 6.45) is 2.70. The van der Waals surface area contributed by atoms with E-state index in [0.717, 1.165) is 18.4 Å². The fraction of sp³-hybridized carbons (Fsp3) is 0.538. The summed E-state index contributed by atoms with van der Waals surface area (Å²) < 4.78 is 12.4. The normalized spacial score (nSPS) is 16.4. The van der Waals surface area contributed by atoms with Gasteiger partial charge in [-0.25, -0.2) is 0 Å². The molecule has 2 unspecified atom stereocenters. The van der Waals surface area contributed by atoms with Gasteiger partial charge in [-0.1, -0.05) is 43.7 Å². The summed E-state index contributed by atoms with van der Waals surface area (Å²) in [7, 11) is -3.14. The molecule has 0 saturated heterocycles. The fourth-order valence-electron chi connectivity index (χ4n) is 1.97. The van der Waals surface area contributed by atoms with Crippen LogP contribution in [0.2, 0.25) is 0 Å². The van der Waals surface area contributed by atoms with Crippen LogP contribution in [0, 0.1) is 0 Å². The smallest absolute Gasteiger partial charge is 0.207 e. The minimum absolute atomic E-state index is 0.305. The molecule has 3 nitrogen and oxygen atoms in total. The van der Waals surface area contributed by atoms with Gasteiger partial charge in [0.25, 0.3) is 0 Å². The molecule has 0 saturated carbocycles. The Kier molecular flexibility index (Phi) is 5.90. The van der Waals surface area contributed by atoms with Crippen LogP contribution in [0.1, 0.15) is 37.4 Å². The lowest BCUT2D eigenvalue weighted by Gasteiger charge is -2.23. The highest BCUT2D eigenvalue weighted by molar-refractivity contribution is 7.58. The first-order chi connectivity index (χ1) is 8.11. The Morgan fingerprint density at radius 3 is 2.53 bits per heavy atom. The van der Waals surface area contributed by atoms with Crippen LogP contribution in [0.5, 0.6) is 0 Å². The summed E-state index contributed by atoms with van der Waals surface area (Å²) in [4.78, 5) is 10.2. The zero-order valence-electron chi connectivity index (χ0n) is 10.4. The third-order valence-electron chi connectivity index (χ3n) is 2.94. The predicted molar refractivity (Wildman–Crippen MR) is 72.5 cm³/mol. The highest BCUT2D eigenvalue weighted by atomic mass is 31.2. The second kappa shape index (κ2) is 6.95. The Morgan fingerprint density at radius 1 is 1.35 bits per heavy atom. The van der Waals surface area contributed by atoms with Crippen molar-refractivity contribution in [3.8, 4) is 0 Å². The van der Waals surface area contributed by atoms with E-state index < -0.39 is 7.37 Å². The maximum absolute atomic E-state index is 12.4. The van der Waals surface area contributed by atoms with E-state index in [1.165, 1.54) is 0 Å². The first kappa shape index (κ1) is 14.4. The van der Waals surface area contributed by atoms with Crippen LogP contribution in [-0.4, -0.2) is 17.6 Å². The molecule has 2 atom stereocenters. The first-order valence-electron chi connectivity index (χ1n) is 6.18. The minimum Gasteiger partial charge on any atom is -0.344 e. The standard InChI is InChI=1S/C13H22NO2P/c1-2-3-11-17(15,16)13(9-10-14)12-7-5-4-6-8-12/h4-8,13H,2-3,9-11,14H2,1H3,(H,15,16). The van der Waals surface area contributed by atoms with E-state index in [1.54, 1.807) is 0 Å². The van der Waals surface area contributed by atoms with Crippen LogP contribution in [-0.2, 0) is 4.57 Å². The van der Waals surface area contributed by atoms with Gasteiger partial charge in [0.05, 0.1) is 5.66 Å². The molecule has 3 N–H and O–H groups in total. The summed E-state index contributed by atoms with van der Waals surface area (Å²) in [5.74, 6) is 0. The van der Waals surface area contributed by atoms with Crippen molar-refractivity contribution in [1.82, 2.24) is 0 Å². The third kappa shape index (κ3) is 4.27. The van der Waals surface area contributed by atoms with E-state index in [-0.39, 0.29) is 5.66 Å². The lowest BCUT2D eigenvalue weighted by molar-refractivity contribution is 0.457. The van der Waals surface area contributed by atoms with Gasteiger partial charge in [0.15, 0.2) is 0 Å². The molecule has 0 radical (unpaired) electrons. The Labute approximate surface area is 103 Å².